The van der Waals surface area contributed by atoms with Gasteiger partial charge in [-0.25, -0.2) is 0 Å². The molecule has 0 aliphatic rings. The summed E-state index contributed by atoms with van der Waals surface area (Å²) in [6.07, 6.45) is 1.62. The predicted molar refractivity (Wildman–Crippen MR) is 53.1 cm³/mol. The Bertz CT molecular complexity index is 308. The molecule has 0 aliphatic carbocycles. The van der Waals surface area contributed by atoms with Crippen molar-refractivity contribution >= 4 is 29.3 Å². The van der Waals surface area contributed by atoms with Gasteiger partial charge >= 0.3 is 0 Å². The molecule has 0 bridgehead atoms. The van der Waals surface area contributed by atoms with Crippen molar-refractivity contribution in [3.8, 4) is 5.75 Å². The summed E-state index contributed by atoms with van der Waals surface area (Å²) in [5.74, 6) is 0.569. The molecule has 0 amide bonds. The van der Waals surface area contributed by atoms with Crippen molar-refractivity contribution in [1.82, 2.24) is 0 Å². The summed E-state index contributed by atoms with van der Waals surface area (Å²) < 4.78 is 5.06. The second-order valence-corrected chi connectivity index (χ2v) is 2.99. The molecule has 0 unspecified atom stereocenters. The van der Waals surface area contributed by atoms with Gasteiger partial charge in [0.05, 0.1) is 17.2 Å². The molecule has 0 aliphatic heterocycles. The Morgan fingerprint density at radius 1 is 1.33 bits per heavy atom. The van der Waals surface area contributed by atoms with Gasteiger partial charge in [-0.05, 0) is 12.1 Å². The van der Waals surface area contributed by atoms with Crippen LogP contribution in [0.4, 0.5) is 0 Å². The summed E-state index contributed by atoms with van der Waals surface area (Å²) in [4.78, 5) is 0. The zero-order chi connectivity index (χ0) is 9.14. The maximum absolute atomic E-state index is 5.87. The Labute approximate surface area is 81.6 Å². The maximum atomic E-state index is 5.87. The van der Waals surface area contributed by atoms with E-state index >= 15 is 0 Å². The van der Waals surface area contributed by atoms with Crippen LogP contribution >= 0.6 is 23.2 Å². The first-order valence-corrected chi connectivity index (χ1v) is 4.10. The van der Waals surface area contributed by atoms with Crippen LogP contribution in [-0.4, -0.2) is 7.11 Å². The Morgan fingerprint density at radius 3 is 2.33 bits per heavy atom. The van der Waals surface area contributed by atoms with Crippen molar-refractivity contribution in [2.45, 2.75) is 0 Å². The molecule has 0 heterocycles. The molecular weight excluding hydrogens is 195 g/mol. The monoisotopic (exact) mass is 202 g/mol. The van der Waals surface area contributed by atoms with E-state index in [9.17, 15) is 0 Å². The van der Waals surface area contributed by atoms with Gasteiger partial charge < -0.3 is 4.74 Å². The fourth-order valence-electron chi connectivity index (χ4n) is 0.947. The highest BCUT2D eigenvalue weighted by Gasteiger charge is 2.08. The molecular formula is C9H8Cl2O. The van der Waals surface area contributed by atoms with Crippen LogP contribution in [0.1, 0.15) is 5.56 Å². The minimum atomic E-state index is 0.539. The molecule has 0 radical (unpaired) electrons. The second-order valence-electron chi connectivity index (χ2n) is 2.18. The van der Waals surface area contributed by atoms with Crippen LogP contribution < -0.4 is 4.74 Å². The van der Waals surface area contributed by atoms with Gasteiger partial charge in [-0.2, -0.15) is 0 Å². The molecule has 0 fully saturated rings. The van der Waals surface area contributed by atoms with Crippen molar-refractivity contribution < 1.29 is 4.74 Å². The number of hydrogen-bond donors (Lipinski definition) is 0. The molecule has 0 saturated carbocycles. The van der Waals surface area contributed by atoms with E-state index < -0.39 is 0 Å². The normalized spacial score (nSPS) is 9.58. The van der Waals surface area contributed by atoms with E-state index in [1.807, 2.05) is 0 Å². The molecule has 0 spiro atoms. The molecule has 1 rings (SSSR count). The van der Waals surface area contributed by atoms with Gasteiger partial charge in [-0.15, -0.1) is 0 Å². The lowest BCUT2D eigenvalue weighted by atomic mass is 10.2. The first-order chi connectivity index (χ1) is 5.70. The van der Waals surface area contributed by atoms with E-state index in [2.05, 4.69) is 6.58 Å². The average molecular weight is 203 g/mol. The number of methoxy groups -OCH3 is 1. The second kappa shape index (κ2) is 3.83. The zero-order valence-electron chi connectivity index (χ0n) is 6.60. The molecule has 0 saturated heterocycles. The molecule has 1 aromatic rings. The number of rotatable bonds is 2. The first kappa shape index (κ1) is 9.43. The molecule has 64 valence electrons. The minimum absolute atomic E-state index is 0.539. The lowest BCUT2D eigenvalue weighted by Crippen LogP contribution is -1.88. The van der Waals surface area contributed by atoms with Gasteiger partial charge in [-0.3, -0.25) is 0 Å². The molecule has 0 atom stereocenters. The quantitative estimate of drug-likeness (QED) is 0.712. The van der Waals surface area contributed by atoms with Crippen molar-refractivity contribution in [2.24, 2.45) is 0 Å². The standard InChI is InChI=1S/C9H8Cl2O/c1-3-6-7(10)4-5-8(11)9(6)12-2/h3-5H,1H2,2H3. The minimum Gasteiger partial charge on any atom is -0.495 e. The molecule has 1 aromatic carbocycles. The molecule has 0 N–H and O–H groups in total. The van der Waals surface area contributed by atoms with Crippen LogP contribution in [-0.2, 0) is 0 Å². The highest BCUT2D eigenvalue weighted by molar-refractivity contribution is 6.35. The van der Waals surface area contributed by atoms with Gasteiger partial charge in [0, 0.05) is 5.56 Å². The lowest BCUT2D eigenvalue weighted by Gasteiger charge is -2.07. The highest BCUT2D eigenvalue weighted by Crippen LogP contribution is 2.34. The third-order valence-corrected chi connectivity index (χ3v) is 2.13. The highest BCUT2D eigenvalue weighted by atomic mass is 35.5. The van der Waals surface area contributed by atoms with Gasteiger partial charge in [0.1, 0.15) is 5.75 Å². The number of hydrogen-bond acceptors (Lipinski definition) is 1. The van der Waals surface area contributed by atoms with Gasteiger partial charge in [-0.1, -0.05) is 35.9 Å². The first-order valence-electron chi connectivity index (χ1n) is 3.35. The summed E-state index contributed by atoms with van der Waals surface area (Å²) in [7, 11) is 1.55. The summed E-state index contributed by atoms with van der Waals surface area (Å²) in [5.41, 5.74) is 0.728. The van der Waals surface area contributed by atoms with Crippen molar-refractivity contribution in [2.75, 3.05) is 7.11 Å². The van der Waals surface area contributed by atoms with Crippen LogP contribution in [0.2, 0.25) is 10.0 Å². The fraction of sp³-hybridized carbons (Fsp3) is 0.111. The summed E-state index contributed by atoms with van der Waals surface area (Å²) >= 11 is 11.7. The predicted octanol–water partition coefficient (Wildman–Crippen LogP) is 3.65. The zero-order valence-corrected chi connectivity index (χ0v) is 8.12. The van der Waals surface area contributed by atoms with Crippen LogP contribution in [0.5, 0.6) is 5.75 Å². The van der Waals surface area contributed by atoms with Crippen molar-refractivity contribution in [3.63, 3.8) is 0 Å². The molecule has 12 heavy (non-hydrogen) atoms. The third-order valence-electron chi connectivity index (χ3n) is 1.50. The Balaban J connectivity index is 3.38. The maximum Gasteiger partial charge on any atom is 0.146 e. The SMILES string of the molecule is C=Cc1c(Cl)ccc(Cl)c1OC. The third kappa shape index (κ3) is 1.57. The van der Waals surface area contributed by atoms with E-state index in [1.54, 1.807) is 25.3 Å². The van der Waals surface area contributed by atoms with Gasteiger partial charge in [0.2, 0.25) is 0 Å². The van der Waals surface area contributed by atoms with E-state index in [-0.39, 0.29) is 0 Å². The largest absolute Gasteiger partial charge is 0.495 e. The lowest BCUT2D eigenvalue weighted by molar-refractivity contribution is 0.414. The summed E-state index contributed by atoms with van der Waals surface area (Å²) in [6.45, 7) is 3.62. The molecule has 3 heteroatoms. The van der Waals surface area contributed by atoms with Crippen LogP contribution in [0.3, 0.4) is 0 Å². The number of halogens is 2. The van der Waals surface area contributed by atoms with Crippen molar-refractivity contribution in [1.29, 1.82) is 0 Å². The Hall–Kier alpha value is -0.660. The van der Waals surface area contributed by atoms with Crippen molar-refractivity contribution in [3.05, 3.63) is 34.3 Å². The van der Waals surface area contributed by atoms with Gasteiger partial charge in [0.25, 0.3) is 0 Å². The Morgan fingerprint density at radius 2 is 1.92 bits per heavy atom. The molecule has 0 aromatic heterocycles. The topological polar surface area (TPSA) is 9.23 Å². The van der Waals surface area contributed by atoms with E-state index in [0.29, 0.717) is 15.8 Å². The smallest absolute Gasteiger partial charge is 0.146 e. The van der Waals surface area contributed by atoms with Gasteiger partial charge in [0.15, 0.2) is 0 Å². The fourth-order valence-corrected chi connectivity index (χ4v) is 1.41. The van der Waals surface area contributed by atoms with E-state index in [1.165, 1.54) is 0 Å². The van der Waals surface area contributed by atoms with Crippen LogP contribution in [0, 0.1) is 0 Å². The van der Waals surface area contributed by atoms with Crippen LogP contribution in [0.15, 0.2) is 18.7 Å². The molecule has 1 nitrogen and oxygen atoms in total. The number of ether oxygens (including phenoxy) is 1. The summed E-state index contributed by atoms with van der Waals surface area (Å²) in [6, 6.07) is 3.40. The average Bonchev–Trinajstić information content (AvgIpc) is 2.08. The number of benzene rings is 1. The van der Waals surface area contributed by atoms with Crippen LogP contribution in [0.25, 0.3) is 6.08 Å². The van der Waals surface area contributed by atoms with E-state index in [0.717, 1.165) is 5.56 Å². The summed E-state index contributed by atoms with van der Waals surface area (Å²) in [5, 5.41) is 1.13. The van der Waals surface area contributed by atoms with E-state index in [4.69, 9.17) is 27.9 Å². The Kier molecular flexibility index (Phi) is 3.01.